The number of rotatable bonds is 2. The largest absolute Gasteiger partial charge is 0.389 e. The zero-order chi connectivity index (χ0) is 15.0. The maximum Gasteiger partial charge on any atom is 0.259 e. The van der Waals surface area contributed by atoms with Gasteiger partial charge in [-0.15, -0.1) is 0 Å². The van der Waals surface area contributed by atoms with Crippen molar-refractivity contribution in [1.82, 2.24) is 9.38 Å². The highest BCUT2D eigenvalue weighted by atomic mass is 79.9. The molecule has 3 rings (SSSR count). The highest BCUT2D eigenvalue weighted by Gasteiger charge is 2.17. The monoisotopic (exact) mass is 353 g/mol. The minimum Gasteiger partial charge on any atom is -0.389 e. The lowest BCUT2D eigenvalue weighted by Crippen LogP contribution is -2.37. The van der Waals surface area contributed by atoms with E-state index < -0.39 is 6.10 Å². The van der Waals surface area contributed by atoms with Gasteiger partial charge in [0.25, 0.3) is 5.56 Å². The lowest BCUT2D eigenvalue weighted by atomic mass is 10.2. The van der Waals surface area contributed by atoms with Crippen molar-refractivity contribution in [3.8, 4) is 0 Å². The van der Waals surface area contributed by atoms with Crippen LogP contribution in [-0.2, 0) is 4.74 Å². The zero-order valence-electron chi connectivity index (χ0n) is 11.6. The average molecular weight is 354 g/mol. The molecule has 0 aliphatic carbocycles. The molecule has 2 aromatic heterocycles. The van der Waals surface area contributed by atoms with Gasteiger partial charge in [0, 0.05) is 35.4 Å². The van der Waals surface area contributed by atoms with E-state index in [2.05, 4.69) is 20.9 Å². The molecule has 1 saturated heterocycles. The van der Waals surface area contributed by atoms with Crippen molar-refractivity contribution >= 4 is 27.4 Å². The number of nitrogens with zero attached hydrogens (tertiary/aromatic N) is 3. The predicted molar refractivity (Wildman–Crippen MR) is 82.8 cm³/mol. The van der Waals surface area contributed by atoms with Gasteiger partial charge in [-0.3, -0.25) is 9.20 Å². The fraction of sp³-hybridized carbons (Fsp3) is 0.429. The molecule has 1 N–H and O–H groups in total. The summed E-state index contributed by atoms with van der Waals surface area (Å²) in [7, 11) is 0. The lowest BCUT2D eigenvalue weighted by Gasteiger charge is -2.28. The summed E-state index contributed by atoms with van der Waals surface area (Å²) in [6.45, 7) is 4.34. The van der Waals surface area contributed by atoms with Crippen LogP contribution in [-0.4, -0.2) is 40.8 Å². The van der Waals surface area contributed by atoms with Crippen molar-refractivity contribution in [2.75, 3.05) is 31.2 Å². The van der Waals surface area contributed by atoms with Gasteiger partial charge in [-0.05, 0) is 28.9 Å². The minimum atomic E-state index is -0.704. The molecule has 1 atom stereocenters. The van der Waals surface area contributed by atoms with Gasteiger partial charge in [0.2, 0.25) is 0 Å². The van der Waals surface area contributed by atoms with E-state index in [1.807, 2.05) is 4.90 Å². The van der Waals surface area contributed by atoms with E-state index in [1.165, 1.54) is 10.5 Å². The van der Waals surface area contributed by atoms with Crippen LogP contribution in [0.4, 0.5) is 5.82 Å². The van der Waals surface area contributed by atoms with E-state index in [0.29, 0.717) is 43.3 Å². The van der Waals surface area contributed by atoms with Crippen LogP contribution in [0, 0.1) is 0 Å². The van der Waals surface area contributed by atoms with E-state index in [4.69, 9.17) is 4.74 Å². The summed E-state index contributed by atoms with van der Waals surface area (Å²) in [5.74, 6) is 0.632. The molecule has 0 spiro atoms. The Balaban J connectivity index is 2.19. The number of fused-ring (bicyclic) bond motifs is 1. The van der Waals surface area contributed by atoms with Gasteiger partial charge >= 0.3 is 0 Å². The molecule has 1 unspecified atom stereocenters. The lowest BCUT2D eigenvalue weighted by molar-refractivity contribution is 0.122. The van der Waals surface area contributed by atoms with Crippen molar-refractivity contribution < 1.29 is 9.84 Å². The van der Waals surface area contributed by atoms with Crippen LogP contribution in [0.15, 0.2) is 27.6 Å². The van der Waals surface area contributed by atoms with Crippen LogP contribution >= 0.6 is 15.9 Å². The Labute approximate surface area is 130 Å². The van der Waals surface area contributed by atoms with Crippen LogP contribution in [0.2, 0.25) is 0 Å². The SMILES string of the molecule is CC(O)c1cc(Br)cn2c(=O)cc(N3CCOCC3)nc12. The second-order valence-corrected chi connectivity index (χ2v) is 5.95. The topological polar surface area (TPSA) is 67.1 Å². The number of anilines is 1. The standard InChI is InChI=1S/C14H16BrN3O3/c1-9(19)11-6-10(15)8-18-13(20)7-12(16-14(11)18)17-2-4-21-5-3-17/h6-9,19H,2-5H2,1H3. The second-order valence-electron chi connectivity index (χ2n) is 5.04. The highest BCUT2D eigenvalue weighted by molar-refractivity contribution is 9.10. The van der Waals surface area contributed by atoms with Crippen LogP contribution in [0.5, 0.6) is 0 Å². The minimum absolute atomic E-state index is 0.162. The molecule has 112 valence electrons. The Kier molecular flexibility index (Phi) is 3.97. The molecule has 0 amide bonds. The van der Waals surface area contributed by atoms with E-state index in [9.17, 15) is 9.90 Å². The third-order valence-electron chi connectivity index (χ3n) is 3.53. The van der Waals surface area contributed by atoms with E-state index in [-0.39, 0.29) is 5.56 Å². The number of ether oxygens (including phenoxy) is 1. The number of pyridine rings is 1. The molecule has 0 saturated carbocycles. The summed E-state index contributed by atoms with van der Waals surface area (Å²) >= 11 is 3.36. The molecule has 0 radical (unpaired) electrons. The maximum absolute atomic E-state index is 12.3. The molecule has 0 bridgehead atoms. The fourth-order valence-corrected chi connectivity index (χ4v) is 2.89. The Bertz CT molecular complexity index is 723. The predicted octanol–water partition coefficient (Wildman–Crippen LogP) is 1.35. The number of morpholine rings is 1. The number of aromatic nitrogens is 2. The Morgan fingerprint density at radius 1 is 1.38 bits per heavy atom. The summed E-state index contributed by atoms with van der Waals surface area (Å²) in [6.07, 6.45) is 0.962. The van der Waals surface area contributed by atoms with Gasteiger partial charge in [-0.1, -0.05) is 0 Å². The second kappa shape index (κ2) is 5.75. The third-order valence-corrected chi connectivity index (χ3v) is 3.96. The highest BCUT2D eigenvalue weighted by Crippen LogP contribution is 2.23. The molecule has 0 aromatic carbocycles. The number of aliphatic hydroxyl groups excluding tert-OH is 1. The first-order valence-electron chi connectivity index (χ1n) is 6.80. The molecule has 7 heteroatoms. The van der Waals surface area contributed by atoms with E-state index in [0.717, 1.165) is 4.47 Å². The van der Waals surface area contributed by atoms with Crippen molar-refractivity contribution in [3.05, 3.63) is 38.7 Å². The first kappa shape index (κ1) is 14.5. The van der Waals surface area contributed by atoms with E-state index in [1.54, 1.807) is 19.2 Å². The van der Waals surface area contributed by atoms with Gasteiger partial charge < -0.3 is 14.7 Å². The van der Waals surface area contributed by atoms with Crippen LogP contribution in [0.3, 0.4) is 0 Å². The van der Waals surface area contributed by atoms with Crippen LogP contribution in [0.1, 0.15) is 18.6 Å². The number of hydrogen-bond donors (Lipinski definition) is 1. The van der Waals surface area contributed by atoms with Gasteiger partial charge in [-0.25, -0.2) is 4.98 Å². The van der Waals surface area contributed by atoms with E-state index >= 15 is 0 Å². The van der Waals surface area contributed by atoms with Crippen molar-refractivity contribution in [1.29, 1.82) is 0 Å². The number of hydrogen-bond acceptors (Lipinski definition) is 5. The first-order valence-corrected chi connectivity index (χ1v) is 7.59. The molecule has 3 heterocycles. The van der Waals surface area contributed by atoms with Gasteiger partial charge in [0.15, 0.2) is 0 Å². The van der Waals surface area contributed by atoms with Gasteiger partial charge in [-0.2, -0.15) is 0 Å². The summed E-state index contributed by atoms with van der Waals surface area (Å²) in [6, 6.07) is 3.31. The molecule has 1 aliphatic heterocycles. The van der Waals surface area contributed by atoms with Gasteiger partial charge in [0.05, 0.1) is 19.3 Å². The third kappa shape index (κ3) is 2.81. The Morgan fingerprint density at radius 2 is 2.10 bits per heavy atom. The number of aliphatic hydroxyl groups is 1. The van der Waals surface area contributed by atoms with Crippen molar-refractivity contribution in [2.24, 2.45) is 0 Å². The first-order chi connectivity index (χ1) is 10.1. The normalized spacial score (nSPS) is 17.2. The molecule has 1 aliphatic rings. The molecule has 21 heavy (non-hydrogen) atoms. The summed E-state index contributed by atoms with van der Waals surface area (Å²) in [5.41, 5.74) is 0.948. The molecule has 1 fully saturated rings. The number of halogens is 1. The zero-order valence-corrected chi connectivity index (χ0v) is 13.2. The Morgan fingerprint density at radius 3 is 2.76 bits per heavy atom. The maximum atomic E-state index is 12.3. The van der Waals surface area contributed by atoms with Crippen molar-refractivity contribution in [2.45, 2.75) is 13.0 Å². The molecule has 6 nitrogen and oxygen atoms in total. The van der Waals surface area contributed by atoms with Crippen LogP contribution < -0.4 is 10.5 Å². The van der Waals surface area contributed by atoms with Gasteiger partial charge in [0.1, 0.15) is 11.5 Å². The van der Waals surface area contributed by atoms with Crippen LogP contribution in [0.25, 0.3) is 5.65 Å². The molecular weight excluding hydrogens is 338 g/mol. The summed E-state index contributed by atoms with van der Waals surface area (Å²) in [5, 5.41) is 9.93. The fourth-order valence-electron chi connectivity index (χ4n) is 2.44. The average Bonchev–Trinajstić information content (AvgIpc) is 2.48. The summed E-state index contributed by atoms with van der Waals surface area (Å²) < 4.78 is 7.50. The quantitative estimate of drug-likeness (QED) is 0.882. The molecular formula is C14H16BrN3O3. The van der Waals surface area contributed by atoms with Crippen molar-refractivity contribution in [3.63, 3.8) is 0 Å². The molecule has 2 aromatic rings. The Hall–Kier alpha value is -1.44. The smallest absolute Gasteiger partial charge is 0.259 e. The summed E-state index contributed by atoms with van der Waals surface area (Å²) in [4.78, 5) is 18.9.